The summed E-state index contributed by atoms with van der Waals surface area (Å²) in [7, 11) is 4.45. The second-order valence-corrected chi connectivity index (χ2v) is 7.30. The fourth-order valence-corrected chi connectivity index (χ4v) is 3.95. The first-order chi connectivity index (χ1) is 9.12. The van der Waals surface area contributed by atoms with Gasteiger partial charge in [-0.15, -0.1) is 0 Å². The van der Waals surface area contributed by atoms with Gasteiger partial charge in [-0.25, -0.2) is 0 Å². The topological polar surface area (TPSA) is 15.3 Å². The van der Waals surface area contributed by atoms with Crippen LogP contribution in [-0.4, -0.2) is 49.6 Å². The summed E-state index contributed by atoms with van der Waals surface area (Å²) in [4.78, 5) is 2.59. The summed E-state index contributed by atoms with van der Waals surface area (Å²) >= 11 is 1.96. The fraction of sp³-hybridized carbons (Fsp3) is 1.00. The van der Waals surface area contributed by atoms with E-state index >= 15 is 0 Å². The van der Waals surface area contributed by atoms with Crippen molar-refractivity contribution in [3.05, 3.63) is 0 Å². The predicted molar refractivity (Wildman–Crippen MR) is 89.1 cm³/mol. The predicted octanol–water partition coefficient (Wildman–Crippen LogP) is 3.47. The number of rotatable bonds is 8. The fourth-order valence-electron chi connectivity index (χ4n) is 3.37. The Balaban J connectivity index is 2.46. The first kappa shape index (κ1) is 17.3. The second-order valence-electron chi connectivity index (χ2n) is 6.31. The standard InChI is InChI=1S/C16H34N2S/c1-6-14-7-8-16(17-3)15(11-14)12-18(4)13(2)9-10-19-5/h13-17H,6-12H2,1-5H3. The van der Waals surface area contributed by atoms with Crippen molar-refractivity contribution in [2.75, 3.05) is 32.6 Å². The molecule has 0 aromatic heterocycles. The van der Waals surface area contributed by atoms with Crippen LogP contribution in [0, 0.1) is 11.8 Å². The molecule has 0 bridgehead atoms. The molecule has 0 heterocycles. The Labute approximate surface area is 125 Å². The SMILES string of the molecule is CCC1CCC(NC)C(CN(C)C(C)CCSC)C1. The molecule has 1 rings (SSSR count). The van der Waals surface area contributed by atoms with Gasteiger partial charge in [-0.2, -0.15) is 11.8 Å². The minimum Gasteiger partial charge on any atom is -0.317 e. The summed E-state index contributed by atoms with van der Waals surface area (Å²) in [5, 5.41) is 3.56. The highest BCUT2D eigenvalue weighted by molar-refractivity contribution is 7.98. The van der Waals surface area contributed by atoms with E-state index in [0.717, 1.165) is 17.9 Å². The lowest BCUT2D eigenvalue weighted by molar-refractivity contribution is 0.135. The Morgan fingerprint density at radius 1 is 1.37 bits per heavy atom. The summed E-state index contributed by atoms with van der Waals surface area (Å²) < 4.78 is 0. The molecule has 0 spiro atoms. The number of hydrogen-bond acceptors (Lipinski definition) is 3. The van der Waals surface area contributed by atoms with Crippen LogP contribution in [-0.2, 0) is 0 Å². The molecular weight excluding hydrogens is 252 g/mol. The molecule has 3 heteroatoms. The van der Waals surface area contributed by atoms with Gasteiger partial charge >= 0.3 is 0 Å². The molecule has 1 N–H and O–H groups in total. The molecule has 0 saturated heterocycles. The zero-order valence-electron chi connectivity index (χ0n) is 13.6. The van der Waals surface area contributed by atoms with Crippen molar-refractivity contribution < 1.29 is 0 Å². The van der Waals surface area contributed by atoms with Crippen LogP contribution >= 0.6 is 11.8 Å². The number of hydrogen-bond donors (Lipinski definition) is 1. The Morgan fingerprint density at radius 2 is 2.11 bits per heavy atom. The highest BCUT2D eigenvalue weighted by atomic mass is 32.2. The molecular formula is C16H34N2S. The first-order valence-corrected chi connectivity index (χ1v) is 9.38. The molecule has 0 aromatic rings. The minimum absolute atomic E-state index is 0.715. The molecule has 2 nitrogen and oxygen atoms in total. The van der Waals surface area contributed by atoms with Gasteiger partial charge in [0.25, 0.3) is 0 Å². The lowest BCUT2D eigenvalue weighted by Crippen LogP contribution is -2.45. The Morgan fingerprint density at radius 3 is 2.68 bits per heavy atom. The Bertz CT molecular complexity index is 235. The molecule has 1 fully saturated rings. The van der Waals surface area contributed by atoms with Gasteiger partial charge in [0.05, 0.1) is 0 Å². The second kappa shape index (κ2) is 9.25. The minimum atomic E-state index is 0.715. The van der Waals surface area contributed by atoms with E-state index < -0.39 is 0 Å². The maximum Gasteiger partial charge on any atom is 0.0105 e. The van der Waals surface area contributed by atoms with Crippen molar-refractivity contribution in [2.24, 2.45) is 11.8 Å². The summed E-state index contributed by atoms with van der Waals surface area (Å²) in [6.45, 7) is 5.99. The van der Waals surface area contributed by atoms with Crippen LogP contribution in [0.4, 0.5) is 0 Å². The van der Waals surface area contributed by atoms with E-state index in [1.165, 1.54) is 44.4 Å². The van der Waals surface area contributed by atoms with E-state index in [2.05, 4.69) is 44.4 Å². The maximum atomic E-state index is 3.56. The molecule has 114 valence electrons. The van der Waals surface area contributed by atoms with Crippen molar-refractivity contribution >= 4 is 11.8 Å². The van der Waals surface area contributed by atoms with Crippen LogP contribution in [0.5, 0.6) is 0 Å². The highest BCUT2D eigenvalue weighted by Crippen LogP contribution is 2.32. The van der Waals surface area contributed by atoms with Gasteiger partial charge in [0.1, 0.15) is 0 Å². The van der Waals surface area contributed by atoms with E-state index in [0.29, 0.717) is 6.04 Å². The summed E-state index contributed by atoms with van der Waals surface area (Å²) in [6.07, 6.45) is 9.08. The summed E-state index contributed by atoms with van der Waals surface area (Å²) in [5.74, 6) is 3.08. The molecule has 0 radical (unpaired) electrons. The molecule has 1 saturated carbocycles. The van der Waals surface area contributed by atoms with Gasteiger partial charge in [0.15, 0.2) is 0 Å². The van der Waals surface area contributed by atoms with E-state index in [1.807, 2.05) is 11.8 Å². The van der Waals surface area contributed by atoms with Crippen molar-refractivity contribution in [3.63, 3.8) is 0 Å². The molecule has 0 aromatic carbocycles. The van der Waals surface area contributed by atoms with Crippen LogP contribution < -0.4 is 5.32 Å². The van der Waals surface area contributed by atoms with Gasteiger partial charge in [0, 0.05) is 18.6 Å². The zero-order chi connectivity index (χ0) is 14.3. The molecule has 0 aliphatic heterocycles. The average Bonchev–Trinajstić information content (AvgIpc) is 2.44. The van der Waals surface area contributed by atoms with Crippen LogP contribution in [0.1, 0.15) is 46.0 Å². The van der Waals surface area contributed by atoms with Crippen molar-refractivity contribution in [3.8, 4) is 0 Å². The van der Waals surface area contributed by atoms with E-state index in [4.69, 9.17) is 0 Å². The third-order valence-electron chi connectivity index (χ3n) is 5.05. The van der Waals surface area contributed by atoms with Crippen LogP contribution in [0.25, 0.3) is 0 Å². The molecule has 0 amide bonds. The first-order valence-electron chi connectivity index (χ1n) is 7.98. The third-order valence-corrected chi connectivity index (χ3v) is 5.70. The monoisotopic (exact) mass is 286 g/mol. The van der Waals surface area contributed by atoms with Crippen LogP contribution in [0.2, 0.25) is 0 Å². The molecule has 4 unspecified atom stereocenters. The number of nitrogens with one attached hydrogen (secondary N) is 1. The largest absolute Gasteiger partial charge is 0.317 e. The zero-order valence-corrected chi connectivity index (χ0v) is 14.4. The highest BCUT2D eigenvalue weighted by Gasteiger charge is 2.30. The van der Waals surface area contributed by atoms with Gasteiger partial charge in [-0.05, 0) is 70.5 Å². The van der Waals surface area contributed by atoms with Crippen molar-refractivity contribution in [1.82, 2.24) is 10.2 Å². The van der Waals surface area contributed by atoms with Gasteiger partial charge in [-0.3, -0.25) is 0 Å². The number of thioether (sulfide) groups is 1. The van der Waals surface area contributed by atoms with Crippen molar-refractivity contribution in [1.29, 1.82) is 0 Å². The molecule has 1 aliphatic carbocycles. The number of nitrogens with zero attached hydrogens (tertiary/aromatic N) is 1. The quantitative estimate of drug-likeness (QED) is 0.735. The van der Waals surface area contributed by atoms with Crippen molar-refractivity contribution in [2.45, 2.75) is 58.0 Å². The molecule has 19 heavy (non-hydrogen) atoms. The van der Waals surface area contributed by atoms with E-state index in [-0.39, 0.29) is 0 Å². The van der Waals surface area contributed by atoms with Crippen LogP contribution in [0.3, 0.4) is 0 Å². The van der Waals surface area contributed by atoms with Gasteiger partial charge in [0.2, 0.25) is 0 Å². The van der Waals surface area contributed by atoms with E-state index in [9.17, 15) is 0 Å². The van der Waals surface area contributed by atoms with Gasteiger partial charge < -0.3 is 10.2 Å². The average molecular weight is 287 g/mol. The lowest BCUT2D eigenvalue weighted by atomic mass is 9.76. The maximum absolute atomic E-state index is 3.56. The Kier molecular flexibility index (Phi) is 8.43. The summed E-state index contributed by atoms with van der Waals surface area (Å²) in [6, 6.07) is 1.45. The van der Waals surface area contributed by atoms with Gasteiger partial charge in [-0.1, -0.05) is 13.3 Å². The lowest BCUT2D eigenvalue weighted by Gasteiger charge is -2.39. The molecule has 1 aliphatic rings. The third kappa shape index (κ3) is 5.65. The summed E-state index contributed by atoms with van der Waals surface area (Å²) in [5.41, 5.74) is 0. The molecule has 4 atom stereocenters. The van der Waals surface area contributed by atoms with Crippen LogP contribution in [0.15, 0.2) is 0 Å². The Hall–Kier alpha value is 0.270. The normalized spacial score (nSPS) is 29.7. The smallest absolute Gasteiger partial charge is 0.0105 e. The van der Waals surface area contributed by atoms with E-state index in [1.54, 1.807) is 0 Å².